The van der Waals surface area contributed by atoms with Gasteiger partial charge in [-0.2, -0.15) is 0 Å². The molecule has 0 fully saturated rings. The van der Waals surface area contributed by atoms with E-state index in [1.165, 1.54) is 12.1 Å². The van der Waals surface area contributed by atoms with Gasteiger partial charge in [0.15, 0.2) is 23.3 Å². The van der Waals surface area contributed by atoms with Crippen LogP contribution in [0.25, 0.3) is 33.9 Å². The highest BCUT2D eigenvalue weighted by molar-refractivity contribution is 9.10. The third-order valence-corrected chi connectivity index (χ3v) is 11.3. The van der Waals surface area contributed by atoms with E-state index < -0.39 is 29.2 Å². The molecule has 2 heterocycles. The van der Waals surface area contributed by atoms with Crippen molar-refractivity contribution in [3.05, 3.63) is 211 Å². The number of halogens is 6. The first kappa shape index (κ1) is 47.1. The van der Waals surface area contributed by atoms with Crippen LogP contribution in [0.2, 0.25) is 0 Å². The van der Waals surface area contributed by atoms with Crippen molar-refractivity contribution in [2.75, 3.05) is 6.61 Å². The average Bonchev–Trinajstić information content (AvgIpc) is 3.89. The predicted octanol–water partition coefficient (Wildman–Crippen LogP) is 14.0. The van der Waals surface area contributed by atoms with Crippen LogP contribution in [-0.4, -0.2) is 32.8 Å². The maximum atomic E-state index is 13.6. The highest BCUT2D eigenvalue weighted by Crippen LogP contribution is 2.38. The lowest BCUT2D eigenvalue weighted by Crippen LogP contribution is -2.07. The number of carboxylic acids is 1. The third-order valence-electron chi connectivity index (χ3n) is 10.3. The number of aromatic carboxylic acids is 1. The highest BCUT2D eigenvalue weighted by Gasteiger charge is 2.19. The summed E-state index contributed by atoms with van der Waals surface area (Å²) in [5.74, 6) is -3.90. The van der Waals surface area contributed by atoms with Gasteiger partial charge in [0, 0.05) is 42.8 Å². The molecule has 0 spiro atoms. The second-order valence-electron chi connectivity index (χ2n) is 14.9. The minimum atomic E-state index is -1.00. The molecule has 66 heavy (non-hydrogen) atoms. The maximum absolute atomic E-state index is 13.6. The Labute approximate surface area is 394 Å². The Morgan fingerprint density at radius 3 is 1.44 bits per heavy atom. The first-order valence-corrected chi connectivity index (χ1v) is 22.0. The Morgan fingerprint density at radius 2 is 1.00 bits per heavy atom. The Balaban J connectivity index is 0.000000197. The van der Waals surface area contributed by atoms with Gasteiger partial charge in [-0.1, -0.05) is 56.1 Å². The fourth-order valence-electron chi connectivity index (χ4n) is 7.19. The molecule has 8 nitrogen and oxygen atoms in total. The number of aryl methyl sites for hydroxylation is 2. The fraction of sp³-hybridized carbons (Fsp3) is 0.115. The number of aromatic nitrogens is 2. The van der Waals surface area contributed by atoms with E-state index >= 15 is 0 Å². The molecule has 0 atom stereocenters. The van der Waals surface area contributed by atoms with Gasteiger partial charge in [0.2, 0.25) is 0 Å². The van der Waals surface area contributed by atoms with E-state index in [1.807, 2.05) is 95.8 Å². The van der Waals surface area contributed by atoms with Crippen LogP contribution in [0.4, 0.5) is 17.6 Å². The summed E-state index contributed by atoms with van der Waals surface area (Å²) in [6.45, 7) is 6.10. The van der Waals surface area contributed by atoms with Crippen LogP contribution in [-0.2, 0) is 18.0 Å². The lowest BCUT2D eigenvalue weighted by Gasteiger charge is -2.17. The predicted molar refractivity (Wildman–Crippen MR) is 252 cm³/mol. The van der Waals surface area contributed by atoms with Crippen molar-refractivity contribution in [1.29, 1.82) is 0 Å². The first-order valence-electron chi connectivity index (χ1n) is 20.4. The second kappa shape index (κ2) is 20.9. The number of benzene rings is 6. The van der Waals surface area contributed by atoms with Gasteiger partial charge < -0.3 is 28.5 Å². The lowest BCUT2D eigenvalue weighted by molar-refractivity contribution is 0.0525. The molecule has 0 aliphatic rings. The number of ether oxygens (including phenoxy) is 3. The number of hydrogen-bond acceptors (Lipinski definition) is 5. The molecule has 0 radical (unpaired) electrons. The molecule has 0 amide bonds. The largest absolute Gasteiger partial charge is 0.488 e. The first-order chi connectivity index (χ1) is 31.7. The number of esters is 1. The fourth-order valence-corrected chi connectivity index (χ4v) is 7.91. The van der Waals surface area contributed by atoms with Crippen molar-refractivity contribution >= 4 is 43.8 Å². The zero-order valence-corrected chi connectivity index (χ0v) is 38.8. The van der Waals surface area contributed by atoms with E-state index in [0.717, 1.165) is 72.8 Å². The van der Waals surface area contributed by atoms with E-state index in [1.54, 1.807) is 43.3 Å². The van der Waals surface area contributed by atoms with Crippen molar-refractivity contribution < 1.29 is 46.5 Å². The van der Waals surface area contributed by atoms with Crippen LogP contribution in [0.5, 0.6) is 11.5 Å². The van der Waals surface area contributed by atoms with Gasteiger partial charge in [-0.05, 0) is 153 Å². The molecule has 0 aliphatic carbocycles. The van der Waals surface area contributed by atoms with Crippen molar-refractivity contribution in [2.24, 2.45) is 0 Å². The monoisotopic (exact) mass is 1020 g/mol. The number of carbonyl (C=O) groups excluding carboxylic acids is 1. The van der Waals surface area contributed by atoms with E-state index in [2.05, 4.69) is 31.9 Å². The van der Waals surface area contributed by atoms with Crippen LogP contribution in [0, 0.1) is 37.1 Å². The number of carboxylic acid groups (broad SMARTS) is 1. The topological polar surface area (TPSA) is 91.9 Å². The summed E-state index contributed by atoms with van der Waals surface area (Å²) in [5, 5.41) is 9.37. The van der Waals surface area contributed by atoms with E-state index in [-0.39, 0.29) is 24.7 Å². The van der Waals surface area contributed by atoms with Crippen LogP contribution in [0.3, 0.4) is 0 Å². The summed E-state index contributed by atoms with van der Waals surface area (Å²) in [6, 6.07) is 40.2. The molecule has 8 rings (SSSR count). The van der Waals surface area contributed by atoms with Crippen LogP contribution in [0.15, 0.2) is 155 Å². The van der Waals surface area contributed by atoms with Crippen molar-refractivity contribution in [1.82, 2.24) is 9.13 Å². The Bertz CT molecular complexity index is 3080. The van der Waals surface area contributed by atoms with Crippen molar-refractivity contribution in [3.63, 3.8) is 0 Å². The Hall–Kier alpha value is -6.90. The molecule has 8 aromatic rings. The Morgan fingerprint density at radius 1 is 0.545 bits per heavy atom. The summed E-state index contributed by atoms with van der Waals surface area (Å²) in [5.41, 5.74) is 8.24. The Kier molecular flexibility index (Phi) is 14.9. The zero-order chi connectivity index (χ0) is 47.1. The molecule has 14 heteroatoms. The number of nitrogens with zero attached hydrogens (tertiary/aromatic N) is 2. The normalized spacial score (nSPS) is 10.9. The maximum Gasteiger partial charge on any atom is 0.338 e. The van der Waals surface area contributed by atoms with E-state index in [9.17, 15) is 32.3 Å². The van der Waals surface area contributed by atoms with E-state index in [0.29, 0.717) is 40.5 Å². The van der Waals surface area contributed by atoms with Crippen LogP contribution < -0.4 is 9.47 Å². The average molecular weight is 1020 g/mol. The highest BCUT2D eigenvalue weighted by atomic mass is 79.9. The number of carbonyl (C=O) groups is 2. The van der Waals surface area contributed by atoms with Gasteiger partial charge in [-0.3, -0.25) is 0 Å². The molecule has 0 saturated heterocycles. The van der Waals surface area contributed by atoms with Gasteiger partial charge in [-0.25, -0.2) is 27.2 Å². The molecule has 0 bridgehead atoms. The van der Waals surface area contributed by atoms with Crippen molar-refractivity contribution in [2.45, 2.75) is 34.0 Å². The van der Waals surface area contributed by atoms with Gasteiger partial charge in [0.25, 0.3) is 0 Å². The molecule has 1 N–H and O–H groups in total. The molecular weight excluding hydrogens is 984 g/mol. The molecular formula is C52H40Br2F4N2O6. The van der Waals surface area contributed by atoms with Gasteiger partial charge in [0.05, 0.1) is 29.1 Å². The zero-order valence-electron chi connectivity index (χ0n) is 35.6. The molecule has 2 aromatic heterocycles. The molecule has 0 saturated carbocycles. The second-order valence-corrected chi connectivity index (χ2v) is 16.7. The molecule has 6 aromatic carbocycles. The SMILES string of the molecule is CCOC(=O)c1cccc(-n2c(C)ccc2-c2cc(Br)ccc2OCc2ccc(F)c(F)c2)c1.Cc1ccc(-c2cc(Br)ccc2OCc2ccc(F)c(F)c2)n1-c1cccc(C(=O)O)c1. The van der Waals surface area contributed by atoms with E-state index in [4.69, 9.17) is 14.2 Å². The molecule has 336 valence electrons. The van der Waals surface area contributed by atoms with Gasteiger partial charge in [-0.15, -0.1) is 0 Å². The third kappa shape index (κ3) is 11.0. The summed E-state index contributed by atoms with van der Waals surface area (Å²) in [6.07, 6.45) is 0. The summed E-state index contributed by atoms with van der Waals surface area (Å²) >= 11 is 7.02. The van der Waals surface area contributed by atoms with Gasteiger partial charge >= 0.3 is 11.9 Å². The van der Waals surface area contributed by atoms with Crippen molar-refractivity contribution in [3.8, 4) is 45.4 Å². The molecule has 0 unspecified atom stereocenters. The summed E-state index contributed by atoms with van der Waals surface area (Å²) < 4.78 is 76.4. The number of rotatable bonds is 13. The molecule has 0 aliphatic heterocycles. The summed E-state index contributed by atoms with van der Waals surface area (Å²) in [4.78, 5) is 23.7. The number of hydrogen-bond donors (Lipinski definition) is 1. The van der Waals surface area contributed by atoms with Crippen LogP contribution in [0.1, 0.15) is 50.2 Å². The van der Waals surface area contributed by atoms with Crippen LogP contribution >= 0.6 is 31.9 Å². The lowest BCUT2D eigenvalue weighted by atomic mass is 10.1. The minimum absolute atomic E-state index is 0.0556. The standard InChI is InChI=1S/C27H22BrF2NO3.C25H18BrF2NO3/c1-3-33-27(32)19-5-4-6-21(14-19)31-17(2)7-11-25(31)22-15-20(28)9-12-26(22)34-16-18-8-10-23(29)24(30)13-18;1-15-5-9-23(29(15)19-4-2-3-17(12-19)25(30)31)20-13-18(26)7-10-24(20)32-14-16-6-8-21(27)22(28)11-16/h4-15H,3,16H2,1-2H3;2-13H,14H2,1H3,(H,30,31). The summed E-state index contributed by atoms with van der Waals surface area (Å²) in [7, 11) is 0. The quantitative estimate of drug-likeness (QED) is 0.0914. The van der Waals surface area contributed by atoms with Gasteiger partial charge in [0.1, 0.15) is 24.7 Å². The minimum Gasteiger partial charge on any atom is -0.488 e. The smallest absolute Gasteiger partial charge is 0.338 e.